The highest BCUT2D eigenvalue weighted by molar-refractivity contribution is 6.32. The summed E-state index contributed by atoms with van der Waals surface area (Å²) in [4.78, 5) is 0. The molecule has 4 heteroatoms. The maximum absolute atomic E-state index is 12.8. The maximum Gasteiger partial charge on any atom is 0.138 e. The van der Waals surface area contributed by atoms with Crippen LogP contribution in [0.25, 0.3) is 0 Å². The molecule has 0 saturated heterocycles. The normalized spacial score (nSPS) is 25.4. The number of hydrogen-bond donors (Lipinski definition) is 1. The zero-order valence-electron chi connectivity index (χ0n) is 8.83. The van der Waals surface area contributed by atoms with Crippen molar-refractivity contribution in [3.63, 3.8) is 0 Å². The van der Waals surface area contributed by atoms with Crippen molar-refractivity contribution >= 4 is 11.6 Å². The van der Waals surface area contributed by atoms with Gasteiger partial charge in [0, 0.05) is 0 Å². The molecule has 0 spiro atoms. The highest BCUT2D eigenvalue weighted by Gasteiger charge is 2.25. The van der Waals surface area contributed by atoms with Gasteiger partial charge in [-0.05, 0) is 37.5 Å². The minimum Gasteiger partial charge on any atom is -0.486 e. The van der Waals surface area contributed by atoms with Gasteiger partial charge in [-0.15, -0.1) is 0 Å². The van der Waals surface area contributed by atoms with Crippen LogP contribution in [0.5, 0.6) is 5.75 Å². The number of ether oxygens (including phenoxy) is 1. The summed E-state index contributed by atoms with van der Waals surface area (Å²) in [5.41, 5.74) is 0. The van der Waals surface area contributed by atoms with Crippen LogP contribution in [-0.4, -0.2) is 17.3 Å². The Bertz CT molecular complexity index is 370. The van der Waals surface area contributed by atoms with E-state index in [9.17, 15) is 9.50 Å². The Hall–Kier alpha value is -0.800. The highest BCUT2D eigenvalue weighted by atomic mass is 35.5. The van der Waals surface area contributed by atoms with Gasteiger partial charge < -0.3 is 9.84 Å². The van der Waals surface area contributed by atoms with Gasteiger partial charge in [0.2, 0.25) is 0 Å². The van der Waals surface area contributed by atoms with Crippen LogP contribution in [0.15, 0.2) is 18.2 Å². The number of benzene rings is 1. The fraction of sp³-hybridized carbons (Fsp3) is 0.500. The molecule has 2 unspecified atom stereocenters. The summed E-state index contributed by atoms with van der Waals surface area (Å²) in [5.74, 6) is 0.0514. The lowest BCUT2D eigenvalue weighted by molar-refractivity contribution is 0.00690. The van der Waals surface area contributed by atoms with Gasteiger partial charge in [0.1, 0.15) is 17.7 Å². The number of aliphatic hydroxyl groups is 1. The molecule has 0 bridgehead atoms. The average molecular weight is 245 g/mol. The van der Waals surface area contributed by atoms with Crippen LogP contribution in [0.4, 0.5) is 4.39 Å². The largest absolute Gasteiger partial charge is 0.486 e. The predicted molar refractivity (Wildman–Crippen MR) is 60.3 cm³/mol. The molecule has 1 aromatic carbocycles. The zero-order valence-corrected chi connectivity index (χ0v) is 9.58. The number of hydrogen-bond acceptors (Lipinski definition) is 2. The Morgan fingerprint density at radius 2 is 2.06 bits per heavy atom. The molecule has 16 heavy (non-hydrogen) atoms. The number of rotatable bonds is 2. The summed E-state index contributed by atoms with van der Waals surface area (Å²) in [6, 6.07) is 4.02. The molecular formula is C12H14ClFO2. The molecule has 1 aliphatic carbocycles. The van der Waals surface area contributed by atoms with Gasteiger partial charge in [0.25, 0.3) is 0 Å². The van der Waals surface area contributed by atoms with E-state index in [-0.39, 0.29) is 16.9 Å². The molecule has 1 aromatic rings. The molecule has 1 saturated carbocycles. The fourth-order valence-electron chi connectivity index (χ4n) is 1.95. The molecule has 0 heterocycles. The van der Waals surface area contributed by atoms with E-state index in [1.54, 1.807) is 0 Å². The summed E-state index contributed by atoms with van der Waals surface area (Å²) in [6.45, 7) is 0. The Balaban J connectivity index is 2.07. The van der Waals surface area contributed by atoms with Crippen LogP contribution in [0.2, 0.25) is 5.02 Å². The minimum atomic E-state index is -0.449. The molecule has 2 atom stereocenters. The van der Waals surface area contributed by atoms with Gasteiger partial charge in [0.15, 0.2) is 0 Å². The van der Waals surface area contributed by atoms with Crippen molar-refractivity contribution in [2.45, 2.75) is 37.9 Å². The van der Waals surface area contributed by atoms with Crippen LogP contribution in [0.3, 0.4) is 0 Å². The fourth-order valence-corrected chi connectivity index (χ4v) is 2.16. The second kappa shape index (κ2) is 5.02. The molecular weight excluding hydrogens is 231 g/mol. The van der Waals surface area contributed by atoms with Crippen LogP contribution >= 0.6 is 11.6 Å². The van der Waals surface area contributed by atoms with Gasteiger partial charge in [0.05, 0.1) is 11.1 Å². The van der Waals surface area contributed by atoms with Crippen LogP contribution in [0, 0.1) is 5.82 Å². The second-order valence-electron chi connectivity index (χ2n) is 4.08. The van der Waals surface area contributed by atoms with E-state index in [2.05, 4.69) is 0 Å². The third-order valence-electron chi connectivity index (χ3n) is 2.84. The Morgan fingerprint density at radius 3 is 2.75 bits per heavy atom. The average Bonchev–Trinajstić information content (AvgIpc) is 2.25. The third-order valence-corrected chi connectivity index (χ3v) is 3.14. The molecule has 88 valence electrons. The lowest BCUT2D eigenvalue weighted by Gasteiger charge is -2.28. The number of halogens is 2. The SMILES string of the molecule is OC1CCCCC1Oc1ccc(F)cc1Cl. The first-order valence-corrected chi connectivity index (χ1v) is 5.84. The molecule has 2 rings (SSSR count). The van der Waals surface area contributed by atoms with Gasteiger partial charge in [-0.3, -0.25) is 0 Å². The van der Waals surface area contributed by atoms with E-state index in [0.717, 1.165) is 25.7 Å². The summed E-state index contributed by atoms with van der Waals surface area (Å²) < 4.78 is 18.4. The van der Waals surface area contributed by atoms with Gasteiger partial charge in [-0.1, -0.05) is 18.0 Å². The highest BCUT2D eigenvalue weighted by Crippen LogP contribution is 2.29. The van der Waals surface area contributed by atoms with E-state index in [4.69, 9.17) is 16.3 Å². The van der Waals surface area contributed by atoms with Crippen molar-refractivity contribution in [1.29, 1.82) is 0 Å². The predicted octanol–water partition coefficient (Wildman–Crippen LogP) is 3.16. The standard InChI is InChI=1S/C12H14ClFO2/c13-9-7-8(14)5-6-11(9)16-12-4-2-1-3-10(12)15/h5-7,10,12,15H,1-4H2. The van der Waals surface area contributed by atoms with Crippen molar-refractivity contribution in [1.82, 2.24) is 0 Å². The second-order valence-corrected chi connectivity index (χ2v) is 4.49. The molecule has 2 nitrogen and oxygen atoms in total. The molecule has 0 amide bonds. The van der Waals surface area contributed by atoms with Crippen LogP contribution in [0.1, 0.15) is 25.7 Å². The van der Waals surface area contributed by atoms with Crippen molar-refractivity contribution in [3.05, 3.63) is 29.0 Å². The van der Waals surface area contributed by atoms with Gasteiger partial charge in [-0.2, -0.15) is 0 Å². The lowest BCUT2D eigenvalue weighted by atomic mass is 9.95. The van der Waals surface area contributed by atoms with Gasteiger partial charge in [-0.25, -0.2) is 4.39 Å². The topological polar surface area (TPSA) is 29.5 Å². The van der Waals surface area contributed by atoms with E-state index >= 15 is 0 Å². The summed E-state index contributed by atoms with van der Waals surface area (Å²) in [5, 5.41) is 9.98. The van der Waals surface area contributed by atoms with Crippen molar-refractivity contribution < 1.29 is 14.2 Å². The van der Waals surface area contributed by atoms with Gasteiger partial charge >= 0.3 is 0 Å². The molecule has 0 aromatic heterocycles. The monoisotopic (exact) mass is 244 g/mol. The quantitative estimate of drug-likeness (QED) is 0.866. The van der Waals surface area contributed by atoms with Crippen molar-refractivity contribution in [3.8, 4) is 5.75 Å². The van der Waals surface area contributed by atoms with E-state index in [0.29, 0.717) is 5.75 Å². The summed E-state index contributed by atoms with van der Waals surface area (Å²) in [6.07, 6.45) is 2.96. The van der Waals surface area contributed by atoms with Crippen molar-refractivity contribution in [2.24, 2.45) is 0 Å². The Kier molecular flexibility index (Phi) is 3.66. The van der Waals surface area contributed by atoms with Crippen LogP contribution in [-0.2, 0) is 0 Å². The smallest absolute Gasteiger partial charge is 0.138 e. The van der Waals surface area contributed by atoms with Crippen molar-refractivity contribution in [2.75, 3.05) is 0 Å². The molecule has 1 N–H and O–H groups in total. The van der Waals surface area contributed by atoms with E-state index in [1.165, 1.54) is 18.2 Å². The first kappa shape index (κ1) is 11.7. The Labute approximate surface area is 99.0 Å². The third kappa shape index (κ3) is 2.66. The molecule has 1 aliphatic rings. The lowest BCUT2D eigenvalue weighted by Crippen LogP contribution is -2.34. The zero-order chi connectivity index (χ0) is 11.5. The summed E-state index contributed by atoms with van der Waals surface area (Å²) >= 11 is 5.85. The molecule has 0 radical (unpaired) electrons. The first-order chi connectivity index (χ1) is 7.66. The molecule has 0 aliphatic heterocycles. The Morgan fingerprint density at radius 1 is 1.31 bits per heavy atom. The minimum absolute atomic E-state index is 0.225. The van der Waals surface area contributed by atoms with E-state index < -0.39 is 6.10 Å². The van der Waals surface area contributed by atoms with Crippen LogP contribution < -0.4 is 4.74 Å². The summed E-state index contributed by atoms with van der Waals surface area (Å²) in [7, 11) is 0. The first-order valence-electron chi connectivity index (χ1n) is 5.46. The maximum atomic E-state index is 12.8. The van der Waals surface area contributed by atoms with E-state index in [1.807, 2.05) is 0 Å². The molecule has 1 fully saturated rings. The number of aliphatic hydroxyl groups excluding tert-OH is 1.